The second-order valence-corrected chi connectivity index (χ2v) is 8.71. The smallest absolute Gasteiger partial charge is 0.311 e. The van der Waals surface area contributed by atoms with Gasteiger partial charge in [-0.25, -0.2) is 0 Å². The van der Waals surface area contributed by atoms with E-state index in [9.17, 15) is 19.8 Å². The van der Waals surface area contributed by atoms with Crippen molar-refractivity contribution in [1.82, 2.24) is 0 Å². The largest absolute Gasteiger partial charge is 0.493 e. The Labute approximate surface area is 175 Å². The minimum Gasteiger partial charge on any atom is -0.493 e. The molecule has 2 unspecified atom stereocenters. The summed E-state index contributed by atoms with van der Waals surface area (Å²) in [7, 11) is 0. The highest BCUT2D eigenvalue weighted by molar-refractivity contribution is 5.82. The molecule has 1 rings (SSSR count). The second kappa shape index (κ2) is 12.5. The summed E-state index contributed by atoms with van der Waals surface area (Å²) < 4.78 is 6.02. The summed E-state index contributed by atoms with van der Waals surface area (Å²) in [5.74, 6) is -2.54. The van der Waals surface area contributed by atoms with Gasteiger partial charge in [-0.15, -0.1) is 0 Å². The summed E-state index contributed by atoms with van der Waals surface area (Å²) in [6.07, 6.45) is 5.12. The molecule has 1 aromatic rings. The number of hydrogen-bond acceptors (Lipinski definition) is 3. The van der Waals surface area contributed by atoms with E-state index < -0.39 is 23.8 Å². The van der Waals surface area contributed by atoms with E-state index in [1.54, 1.807) is 18.2 Å². The Hall–Kier alpha value is -2.04. The molecule has 0 aromatic heterocycles. The minimum absolute atomic E-state index is 0.162. The summed E-state index contributed by atoms with van der Waals surface area (Å²) in [6, 6.07) is 5.32. The maximum atomic E-state index is 12.2. The highest BCUT2D eigenvalue weighted by Gasteiger charge is 2.32. The van der Waals surface area contributed by atoms with E-state index in [-0.39, 0.29) is 11.8 Å². The van der Waals surface area contributed by atoms with Gasteiger partial charge in [-0.3, -0.25) is 9.59 Å². The summed E-state index contributed by atoms with van der Waals surface area (Å²) in [5, 5.41) is 19.8. The summed E-state index contributed by atoms with van der Waals surface area (Å²) in [5.41, 5.74) is 1.11. The number of ether oxygens (including phenoxy) is 1. The Balaban J connectivity index is 3.40. The van der Waals surface area contributed by atoms with Gasteiger partial charge in [0, 0.05) is 5.56 Å². The maximum absolute atomic E-state index is 12.2. The van der Waals surface area contributed by atoms with Crippen LogP contribution in [0.3, 0.4) is 0 Å². The van der Waals surface area contributed by atoms with Gasteiger partial charge in [-0.05, 0) is 42.7 Å². The van der Waals surface area contributed by atoms with Gasteiger partial charge in [0.25, 0.3) is 0 Å². The molecule has 164 valence electrons. The van der Waals surface area contributed by atoms with Crippen molar-refractivity contribution in [2.24, 2.45) is 11.8 Å². The fraction of sp³-hybridized carbons (Fsp3) is 0.667. The molecule has 0 spiro atoms. The number of rotatable bonds is 14. The van der Waals surface area contributed by atoms with E-state index in [1.807, 2.05) is 27.7 Å². The van der Waals surface area contributed by atoms with E-state index >= 15 is 0 Å². The van der Waals surface area contributed by atoms with Gasteiger partial charge in [0.05, 0.1) is 18.4 Å². The first kappa shape index (κ1) is 25.0. The first-order chi connectivity index (χ1) is 13.7. The average molecular weight is 407 g/mol. The molecule has 5 heteroatoms. The summed E-state index contributed by atoms with van der Waals surface area (Å²) >= 11 is 0. The lowest BCUT2D eigenvalue weighted by Crippen LogP contribution is -2.22. The van der Waals surface area contributed by atoms with Crippen LogP contribution in [0, 0.1) is 11.8 Å². The van der Waals surface area contributed by atoms with Crippen LogP contribution in [0.4, 0.5) is 0 Å². The van der Waals surface area contributed by atoms with Crippen molar-refractivity contribution in [2.75, 3.05) is 6.61 Å². The first-order valence-electron chi connectivity index (χ1n) is 10.9. The van der Waals surface area contributed by atoms with Gasteiger partial charge < -0.3 is 14.9 Å². The van der Waals surface area contributed by atoms with Crippen molar-refractivity contribution in [2.45, 2.75) is 85.0 Å². The topological polar surface area (TPSA) is 83.8 Å². The van der Waals surface area contributed by atoms with E-state index in [1.165, 1.54) is 0 Å². The van der Waals surface area contributed by atoms with Crippen LogP contribution in [0.25, 0.3) is 0 Å². The van der Waals surface area contributed by atoms with Crippen molar-refractivity contribution in [3.63, 3.8) is 0 Å². The van der Waals surface area contributed by atoms with Gasteiger partial charge in [0.1, 0.15) is 5.75 Å². The third kappa shape index (κ3) is 8.08. The third-order valence-corrected chi connectivity index (χ3v) is 5.09. The molecular weight excluding hydrogens is 368 g/mol. The van der Waals surface area contributed by atoms with Crippen molar-refractivity contribution >= 4 is 11.9 Å². The van der Waals surface area contributed by atoms with Gasteiger partial charge in [0.2, 0.25) is 0 Å². The Kier molecular flexibility index (Phi) is 10.8. The molecular formula is C24H38O5. The molecule has 0 aliphatic carbocycles. The lowest BCUT2D eigenvalue weighted by Gasteiger charge is -2.25. The number of aliphatic carboxylic acids is 2. The molecule has 2 N–H and O–H groups in total. The minimum atomic E-state index is -0.935. The highest BCUT2D eigenvalue weighted by atomic mass is 16.5. The molecule has 0 radical (unpaired) electrons. The molecule has 5 nitrogen and oxygen atoms in total. The van der Waals surface area contributed by atoms with Crippen LogP contribution in [0.5, 0.6) is 5.75 Å². The molecule has 0 aliphatic heterocycles. The molecule has 0 fully saturated rings. The lowest BCUT2D eigenvalue weighted by molar-refractivity contribution is -0.140. The average Bonchev–Trinajstić information content (AvgIpc) is 2.63. The maximum Gasteiger partial charge on any atom is 0.311 e. The standard InChI is InChI=1S/C24H38O5/c1-6-7-8-9-13-29-21-12-10-11-18(19(23(25)26)14-16(2)3)22(21)20(24(27)28)15-17(4)5/h10-12,16-17,19-20H,6-9,13-15H2,1-5H3,(H,25,26)(H,27,28). The summed E-state index contributed by atoms with van der Waals surface area (Å²) in [6.45, 7) is 10.6. The molecule has 0 saturated carbocycles. The van der Waals surface area contributed by atoms with E-state index in [0.717, 1.165) is 25.7 Å². The zero-order valence-electron chi connectivity index (χ0n) is 18.6. The Morgan fingerprint density at radius 1 is 0.897 bits per heavy atom. The second-order valence-electron chi connectivity index (χ2n) is 8.71. The highest BCUT2D eigenvalue weighted by Crippen LogP contribution is 2.39. The van der Waals surface area contributed by atoms with Gasteiger partial charge in [-0.1, -0.05) is 66.0 Å². The van der Waals surface area contributed by atoms with Gasteiger partial charge in [-0.2, -0.15) is 0 Å². The van der Waals surface area contributed by atoms with Crippen LogP contribution in [0.2, 0.25) is 0 Å². The lowest BCUT2D eigenvalue weighted by atomic mass is 9.80. The molecule has 1 aromatic carbocycles. The first-order valence-corrected chi connectivity index (χ1v) is 10.9. The number of carboxylic acids is 2. The molecule has 0 heterocycles. The van der Waals surface area contributed by atoms with Crippen LogP contribution >= 0.6 is 0 Å². The Morgan fingerprint density at radius 2 is 1.48 bits per heavy atom. The van der Waals surface area contributed by atoms with Crippen molar-refractivity contribution < 1.29 is 24.5 Å². The molecule has 29 heavy (non-hydrogen) atoms. The monoisotopic (exact) mass is 406 g/mol. The van der Waals surface area contributed by atoms with Crippen molar-refractivity contribution in [3.8, 4) is 5.75 Å². The van der Waals surface area contributed by atoms with Crippen LogP contribution in [-0.2, 0) is 9.59 Å². The quantitative estimate of drug-likeness (QED) is 0.366. The van der Waals surface area contributed by atoms with Crippen LogP contribution in [0.1, 0.15) is 96.1 Å². The molecule has 0 bridgehead atoms. The number of benzene rings is 1. The van der Waals surface area contributed by atoms with Gasteiger partial charge in [0.15, 0.2) is 0 Å². The van der Waals surface area contributed by atoms with E-state index in [0.29, 0.717) is 36.3 Å². The normalized spacial score (nSPS) is 13.5. The Morgan fingerprint density at radius 3 is 2.00 bits per heavy atom. The van der Waals surface area contributed by atoms with Crippen molar-refractivity contribution in [1.29, 1.82) is 0 Å². The van der Waals surface area contributed by atoms with E-state index in [4.69, 9.17) is 4.74 Å². The zero-order chi connectivity index (χ0) is 22.0. The predicted octanol–water partition coefficient (Wildman–Crippen LogP) is 6.07. The fourth-order valence-electron chi connectivity index (χ4n) is 3.72. The summed E-state index contributed by atoms with van der Waals surface area (Å²) in [4.78, 5) is 24.2. The Bertz CT molecular complexity index is 651. The predicted molar refractivity (Wildman–Crippen MR) is 116 cm³/mol. The number of unbranched alkanes of at least 4 members (excludes halogenated alkanes) is 3. The number of carboxylic acid groups (broad SMARTS) is 2. The fourth-order valence-corrected chi connectivity index (χ4v) is 3.72. The molecule has 0 aliphatic rings. The SMILES string of the molecule is CCCCCCOc1cccc(C(CC(C)C)C(=O)O)c1C(CC(C)C)C(=O)O. The van der Waals surface area contributed by atoms with E-state index in [2.05, 4.69) is 6.92 Å². The zero-order valence-corrected chi connectivity index (χ0v) is 18.6. The molecule has 0 amide bonds. The van der Waals surface area contributed by atoms with Crippen LogP contribution in [-0.4, -0.2) is 28.8 Å². The van der Waals surface area contributed by atoms with Crippen LogP contribution < -0.4 is 4.74 Å². The molecule has 2 atom stereocenters. The number of carbonyl (C=O) groups is 2. The third-order valence-electron chi connectivity index (χ3n) is 5.09. The number of hydrogen-bond donors (Lipinski definition) is 2. The van der Waals surface area contributed by atoms with Gasteiger partial charge >= 0.3 is 11.9 Å². The molecule has 0 saturated heterocycles. The van der Waals surface area contributed by atoms with Crippen LogP contribution in [0.15, 0.2) is 18.2 Å². The van der Waals surface area contributed by atoms with Crippen molar-refractivity contribution in [3.05, 3.63) is 29.3 Å².